The highest BCUT2D eigenvalue weighted by Gasteiger charge is 2.57. The van der Waals surface area contributed by atoms with E-state index in [1.54, 1.807) is 0 Å². The molecule has 0 aromatic rings. The number of halogens is 2. The smallest absolute Gasteiger partial charge is 0.340 e. The van der Waals surface area contributed by atoms with Crippen LogP contribution in [0.3, 0.4) is 0 Å². The third-order valence-electron chi connectivity index (χ3n) is 9.59. The molecule has 7 nitrogen and oxygen atoms in total. The largest absolute Gasteiger partial charge is 0.353 e. The zero-order valence-electron chi connectivity index (χ0n) is 22.4. The molecule has 0 amide bonds. The average Bonchev–Trinajstić information content (AvgIpc) is 3.19. The van der Waals surface area contributed by atoms with E-state index >= 15 is 0 Å². The highest BCUT2D eigenvalue weighted by molar-refractivity contribution is 7.53. The Morgan fingerprint density at radius 3 is 2.59 bits per heavy atom. The molecular weight excluding hydrogens is 534 g/mol. The molecular formula is C27H45Cl2N2O5P. The number of ether oxygens (including phenoxy) is 2. The van der Waals surface area contributed by atoms with Gasteiger partial charge in [-0.2, -0.15) is 0 Å². The van der Waals surface area contributed by atoms with Crippen molar-refractivity contribution in [2.75, 3.05) is 38.1 Å². The van der Waals surface area contributed by atoms with Gasteiger partial charge >= 0.3 is 7.67 Å². The number of allylic oxidation sites excluding steroid dienone is 1. The van der Waals surface area contributed by atoms with Gasteiger partial charge in [0.15, 0.2) is 12.1 Å². The van der Waals surface area contributed by atoms with Crippen molar-refractivity contribution in [3.8, 4) is 0 Å². The molecule has 4 aliphatic rings. The van der Waals surface area contributed by atoms with E-state index in [0.29, 0.717) is 67.8 Å². The molecule has 6 unspecified atom stereocenters. The molecule has 8 atom stereocenters. The van der Waals surface area contributed by atoms with Crippen molar-refractivity contribution in [1.82, 2.24) is 4.67 Å². The Bertz CT molecular complexity index is 870. The SMILES string of the molecule is CCOC(CCOP(N)(=O)N(CCCl)CCCl)O[C@H]1CCC2C3CCC4=CC(=O)CCC4C3CC[C@@]21C. The Balaban J connectivity index is 1.35. The summed E-state index contributed by atoms with van der Waals surface area (Å²) in [5.41, 5.74) is 7.58. The molecule has 4 rings (SSSR count). The standard InChI is InChI=1S/C27H45Cl2N2O5P/c1-3-34-26(11-17-35-37(30,33)31(15-13-28)16-14-29)36-25-9-8-24-23-6-4-19-18-20(32)5-7-21(19)22(23)10-12-27(24,25)2/h18,21-26H,3-17H2,1-2H3,(H2,30,33)/t21?,22?,23?,24?,25-,26?,27-,37?/m0/s1. The van der Waals surface area contributed by atoms with Crippen molar-refractivity contribution in [2.24, 2.45) is 34.6 Å². The Labute approximate surface area is 232 Å². The van der Waals surface area contributed by atoms with Gasteiger partial charge in [0.05, 0.1) is 12.7 Å². The van der Waals surface area contributed by atoms with Gasteiger partial charge in [-0.25, -0.2) is 10.2 Å². The van der Waals surface area contributed by atoms with Crippen LogP contribution in [0, 0.1) is 29.1 Å². The van der Waals surface area contributed by atoms with Gasteiger partial charge in [0.1, 0.15) is 0 Å². The van der Waals surface area contributed by atoms with Crippen LogP contribution >= 0.6 is 30.9 Å². The van der Waals surface area contributed by atoms with Crippen LogP contribution in [0.25, 0.3) is 0 Å². The molecule has 212 valence electrons. The predicted octanol–water partition coefficient (Wildman–Crippen LogP) is 6.13. The molecule has 37 heavy (non-hydrogen) atoms. The van der Waals surface area contributed by atoms with Gasteiger partial charge in [0.25, 0.3) is 0 Å². The van der Waals surface area contributed by atoms with E-state index in [4.69, 9.17) is 42.7 Å². The van der Waals surface area contributed by atoms with Crippen LogP contribution in [0.1, 0.15) is 71.6 Å². The van der Waals surface area contributed by atoms with E-state index in [1.165, 1.54) is 29.5 Å². The summed E-state index contributed by atoms with van der Waals surface area (Å²) in [5.74, 6) is 3.61. The summed E-state index contributed by atoms with van der Waals surface area (Å²) in [6.45, 7) is 5.79. The van der Waals surface area contributed by atoms with Crippen molar-refractivity contribution >= 4 is 36.7 Å². The van der Waals surface area contributed by atoms with E-state index in [0.717, 1.165) is 31.6 Å². The fraction of sp³-hybridized carbons (Fsp3) is 0.889. The number of alkyl halides is 2. The summed E-state index contributed by atoms with van der Waals surface area (Å²) in [7, 11) is -3.49. The van der Waals surface area contributed by atoms with Crippen molar-refractivity contribution in [2.45, 2.75) is 84.0 Å². The lowest BCUT2D eigenvalue weighted by Crippen LogP contribution is -2.48. The van der Waals surface area contributed by atoms with Gasteiger partial charge in [0, 0.05) is 44.3 Å². The summed E-state index contributed by atoms with van der Waals surface area (Å²) in [6, 6.07) is 0. The lowest BCUT2D eigenvalue weighted by molar-refractivity contribution is -0.204. The number of nitrogens with two attached hydrogens (primary N) is 1. The lowest BCUT2D eigenvalue weighted by atomic mass is 9.52. The Morgan fingerprint density at radius 2 is 1.89 bits per heavy atom. The Kier molecular flexibility index (Phi) is 10.6. The predicted molar refractivity (Wildman–Crippen MR) is 148 cm³/mol. The maximum atomic E-state index is 12.9. The van der Waals surface area contributed by atoms with E-state index in [1.807, 2.05) is 13.0 Å². The van der Waals surface area contributed by atoms with Crippen LogP contribution in [0.4, 0.5) is 0 Å². The maximum Gasteiger partial charge on any atom is 0.340 e. The molecule has 3 fully saturated rings. The van der Waals surface area contributed by atoms with Crippen LogP contribution < -0.4 is 5.50 Å². The van der Waals surface area contributed by atoms with Crippen molar-refractivity contribution in [3.63, 3.8) is 0 Å². The highest BCUT2D eigenvalue weighted by Crippen LogP contribution is 2.62. The van der Waals surface area contributed by atoms with E-state index in [9.17, 15) is 9.36 Å². The zero-order chi connectivity index (χ0) is 26.6. The molecule has 0 saturated heterocycles. The minimum absolute atomic E-state index is 0.129. The van der Waals surface area contributed by atoms with Crippen molar-refractivity contribution < 1.29 is 23.4 Å². The van der Waals surface area contributed by atoms with Crippen molar-refractivity contribution in [3.05, 3.63) is 11.6 Å². The van der Waals surface area contributed by atoms with Crippen molar-refractivity contribution in [1.29, 1.82) is 0 Å². The molecule has 0 radical (unpaired) electrons. The molecule has 0 heterocycles. The number of carbonyl (C=O) groups excluding carboxylic acids is 1. The molecule has 2 N–H and O–H groups in total. The number of nitrogens with zero attached hydrogens (tertiary/aromatic N) is 1. The number of carbonyl (C=O) groups is 1. The second-order valence-corrected chi connectivity index (χ2v) is 14.2. The first-order valence-electron chi connectivity index (χ1n) is 14.1. The molecule has 0 aromatic heterocycles. The minimum atomic E-state index is -3.49. The monoisotopic (exact) mass is 578 g/mol. The molecule has 0 aliphatic heterocycles. The molecule has 3 saturated carbocycles. The maximum absolute atomic E-state index is 12.9. The van der Waals surface area contributed by atoms with Crippen LogP contribution in [0.5, 0.6) is 0 Å². The fourth-order valence-corrected chi connectivity index (χ4v) is 9.79. The van der Waals surface area contributed by atoms with Crippen LogP contribution in [0.15, 0.2) is 11.6 Å². The third-order valence-corrected chi connectivity index (χ3v) is 11.7. The molecule has 0 aromatic carbocycles. The van der Waals surface area contributed by atoms with E-state index < -0.39 is 14.0 Å². The molecule has 0 bridgehead atoms. The van der Waals surface area contributed by atoms with Crippen LogP contribution in [-0.2, 0) is 23.4 Å². The number of rotatable bonds is 13. The van der Waals surface area contributed by atoms with Crippen LogP contribution in [-0.4, -0.2) is 60.9 Å². The normalized spacial score (nSPS) is 35.9. The third kappa shape index (κ3) is 6.68. The quantitative estimate of drug-likeness (QED) is 0.160. The molecule has 10 heteroatoms. The summed E-state index contributed by atoms with van der Waals surface area (Å²) in [5, 5.41) is 0. The first kappa shape index (κ1) is 30.0. The molecule has 4 aliphatic carbocycles. The van der Waals surface area contributed by atoms with Gasteiger partial charge < -0.3 is 14.0 Å². The second-order valence-electron chi connectivity index (χ2n) is 11.5. The van der Waals surface area contributed by atoms with Gasteiger partial charge in [-0.15, -0.1) is 23.2 Å². The topological polar surface area (TPSA) is 91.1 Å². The average molecular weight is 580 g/mol. The number of ketones is 1. The summed E-state index contributed by atoms with van der Waals surface area (Å²) >= 11 is 11.7. The van der Waals surface area contributed by atoms with E-state index in [-0.39, 0.29) is 18.1 Å². The van der Waals surface area contributed by atoms with E-state index in [2.05, 4.69) is 6.92 Å². The first-order valence-corrected chi connectivity index (χ1v) is 16.9. The second kappa shape index (κ2) is 13.1. The van der Waals surface area contributed by atoms with Gasteiger partial charge in [-0.3, -0.25) is 9.36 Å². The summed E-state index contributed by atoms with van der Waals surface area (Å²) < 4.78 is 32.7. The Hall–Kier alpha value is 0.0200. The summed E-state index contributed by atoms with van der Waals surface area (Å²) in [4.78, 5) is 12.0. The minimum Gasteiger partial charge on any atom is -0.353 e. The summed E-state index contributed by atoms with van der Waals surface area (Å²) in [6.07, 6.45) is 10.8. The van der Waals surface area contributed by atoms with Gasteiger partial charge in [-0.1, -0.05) is 12.5 Å². The number of fused-ring (bicyclic) bond motifs is 5. The highest BCUT2D eigenvalue weighted by atomic mass is 35.5. The van der Waals surface area contributed by atoms with Gasteiger partial charge in [0.2, 0.25) is 0 Å². The fourth-order valence-electron chi connectivity index (χ4n) is 7.86. The first-order chi connectivity index (χ1) is 17.7. The van der Waals surface area contributed by atoms with Crippen LogP contribution in [0.2, 0.25) is 0 Å². The Morgan fingerprint density at radius 1 is 1.14 bits per heavy atom. The lowest BCUT2D eigenvalue weighted by Gasteiger charge is -2.54. The van der Waals surface area contributed by atoms with Gasteiger partial charge in [-0.05, 0) is 87.0 Å². The number of hydrogen-bond donors (Lipinski definition) is 1. The number of hydrogen-bond acceptors (Lipinski definition) is 5. The zero-order valence-corrected chi connectivity index (χ0v) is 24.8. The molecule has 0 spiro atoms.